The largest absolute Gasteiger partial charge is 0.374 e. The van der Waals surface area contributed by atoms with Crippen molar-refractivity contribution in [3.8, 4) is 0 Å². The van der Waals surface area contributed by atoms with Gasteiger partial charge in [0, 0.05) is 16.0 Å². The zero-order valence-corrected chi connectivity index (χ0v) is 31.9. The first kappa shape index (κ1) is 37.9. The van der Waals surface area contributed by atoms with E-state index in [4.69, 9.17) is 23.7 Å². The molecule has 0 saturated carbocycles. The van der Waals surface area contributed by atoms with E-state index in [-0.39, 0.29) is 12.4 Å². The van der Waals surface area contributed by atoms with E-state index in [9.17, 15) is 0 Å². The predicted molar refractivity (Wildman–Crippen MR) is 220 cm³/mol. The van der Waals surface area contributed by atoms with Gasteiger partial charge in [-0.25, -0.2) is 4.39 Å². The molecule has 8 rings (SSSR count). The Kier molecular flexibility index (Phi) is 12.7. The van der Waals surface area contributed by atoms with Crippen molar-refractivity contribution in [2.45, 2.75) is 63.4 Å². The van der Waals surface area contributed by atoms with Crippen LogP contribution in [0.4, 0.5) is 4.39 Å². The van der Waals surface area contributed by atoms with Gasteiger partial charge in [-0.3, -0.25) is 0 Å². The summed E-state index contributed by atoms with van der Waals surface area (Å²) in [6, 6.07) is 56.1. The van der Waals surface area contributed by atoms with E-state index in [1.54, 1.807) is 17.4 Å². The zero-order valence-electron chi connectivity index (χ0n) is 31.1. The summed E-state index contributed by atoms with van der Waals surface area (Å²) in [7, 11) is 0. The zero-order chi connectivity index (χ0) is 37.9. The lowest BCUT2D eigenvalue weighted by atomic mass is 9.89. The molecule has 0 spiro atoms. The van der Waals surface area contributed by atoms with E-state index in [1.807, 2.05) is 133 Å². The number of ether oxygens (including phenoxy) is 5. The fraction of sp³-hybridized carbons (Fsp3) is 0.224. The van der Waals surface area contributed by atoms with E-state index in [1.165, 1.54) is 4.70 Å². The number of hydrogen-bond donors (Lipinski definition) is 0. The highest BCUT2D eigenvalue weighted by Gasteiger charge is 2.49. The highest BCUT2D eigenvalue weighted by atomic mass is 32.1. The summed E-state index contributed by atoms with van der Waals surface area (Å²) in [5.41, 5.74) is 5.55. The molecule has 0 radical (unpaired) electrons. The van der Waals surface area contributed by atoms with Crippen LogP contribution in [0, 0.1) is 5.82 Å². The molecule has 1 fully saturated rings. The normalized spacial score (nSPS) is 19.6. The van der Waals surface area contributed by atoms with Crippen LogP contribution in [0.2, 0.25) is 0 Å². The van der Waals surface area contributed by atoms with E-state index in [2.05, 4.69) is 30.3 Å². The van der Waals surface area contributed by atoms with E-state index in [0.29, 0.717) is 38.4 Å². The van der Waals surface area contributed by atoms with Crippen LogP contribution in [-0.2, 0) is 56.5 Å². The summed E-state index contributed by atoms with van der Waals surface area (Å²) in [6.07, 6.45) is -2.47. The molecule has 284 valence electrons. The van der Waals surface area contributed by atoms with Crippen molar-refractivity contribution in [2.24, 2.45) is 0 Å². The second kappa shape index (κ2) is 18.8. The lowest BCUT2D eigenvalue weighted by molar-refractivity contribution is -0.275. The number of benzene rings is 6. The van der Waals surface area contributed by atoms with Crippen LogP contribution in [0.3, 0.4) is 0 Å². The minimum Gasteiger partial charge on any atom is -0.374 e. The summed E-state index contributed by atoms with van der Waals surface area (Å²) in [6.45, 7) is 1.67. The van der Waals surface area contributed by atoms with Crippen LogP contribution < -0.4 is 0 Å². The first-order chi connectivity index (χ1) is 27.7. The molecular formula is C49H45FO5S. The lowest BCUT2D eigenvalue weighted by Gasteiger charge is -2.46. The van der Waals surface area contributed by atoms with Gasteiger partial charge in [-0.2, -0.15) is 0 Å². The highest BCUT2D eigenvalue weighted by Crippen LogP contribution is 2.40. The van der Waals surface area contributed by atoms with Crippen LogP contribution in [0.15, 0.2) is 170 Å². The Morgan fingerprint density at radius 2 is 1.04 bits per heavy atom. The molecule has 5 atom stereocenters. The predicted octanol–water partition coefficient (Wildman–Crippen LogP) is 11.0. The highest BCUT2D eigenvalue weighted by molar-refractivity contribution is 7.19. The number of rotatable bonds is 16. The van der Waals surface area contributed by atoms with Gasteiger partial charge in [-0.15, -0.1) is 11.3 Å². The molecule has 1 aromatic heterocycles. The SMILES string of the molecule is Fc1ccc(C2O[C@H](COCc3ccccc3)[C@@H](OCc3ccccc3)[C@H](OCc3ccccc3)[C@H]2OCc2ccccc2)cc1Cc1cc2ccccc2s1. The maximum absolute atomic E-state index is 15.7. The van der Waals surface area contributed by atoms with Gasteiger partial charge in [0.25, 0.3) is 0 Å². The van der Waals surface area contributed by atoms with Gasteiger partial charge in [0.05, 0.1) is 33.0 Å². The molecule has 56 heavy (non-hydrogen) atoms. The monoisotopic (exact) mass is 764 g/mol. The average molecular weight is 765 g/mol. The molecule has 0 bridgehead atoms. The van der Waals surface area contributed by atoms with Gasteiger partial charge < -0.3 is 23.7 Å². The molecule has 2 heterocycles. The van der Waals surface area contributed by atoms with Crippen molar-refractivity contribution < 1.29 is 28.1 Å². The Morgan fingerprint density at radius 3 is 1.62 bits per heavy atom. The van der Waals surface area contributed by atoms with Crippen LogP contribution in [0.5, 0.6) is 0 Å². The van der Waals surface area contributed by atoms with Crippen molar-refractivity contribution in [2.75, 3.05) is 6.61 Å². The number of hydrogen-bond acceptors (Lipinski definition) is 6. The van der Waals surface area contributed by atoms with Gasteiger partial charge >= 0.3 is 0 Å². The van der Waals surface area contributed by atoms with Gasteiger partial charge in [-0.1, -0.05) is 146 Å². The van der Waals surface area contributed by atoms with Crippen LogP contribution in [0.25, 0.3) is 10.1 Å². The minimum atomic E-state index is -0.622. The Balaban J connectivity index is 1.16. The molecule has 0 amide bonds. The fourth-order valence-electron chi connectivity index (χ4n) is 7.28. The van der Waals surface area contributed by atoms with E-state index < -0.39 is 30.5 Å². The van der Waals surface area contributed by atoms with Crippen LogP contribution >= 0.6 is 11.3 Å². The van der Waals surface area contributed by atoms with E-state index in [0.717, 1.165) is 38.1 Å². The molecule has 7 heteroatoms. The van der Waals surface area contributed by atoms with Gasteiger partial charge in [0.1, 0.15) is 36.3 Å². The first-order valence-corrected chi connectivity index (χ1v) is 20.0. The number of halogens is 1. The quantitative estimate of drug-likeness (QED) is 0.0981. The summed E-state index contributed by atoms with van der Waals surface area (Å²) < 4.78 is 51.1. The third-order valence-corrected chi connectivity index (χ3v) is 11.2. The molecule has 1 aliphatic rings. The summed E-state index contributed by atoms with van der Waals surface area (Å²) in [5, 5.41) is 1.16. The van der Waals surface area contributed by atoms with Crippen molar-refractivity contribution in [1.29, 1.82) is 0 Å². The Hall–Kier alpha value is -4.99. The van der Waals surface area contributed by atoms with Crippen LogP contribution in [-0.4, -0.2) is 31.0 Å². The molecule has 1 aliphatic heterocycles. The molecule has 1 saturated heterocycles. The maximum Gasteiger partial charge on any atom is 0.126 e. The second-order valence-corrected chi connectivity index (χ2v) is 15.3. The van der Waals surface area contributed by atoms with E-state index >= 15 is 4.39 Å². The lowest BCUT2D eigenvalue weighted by Crippen LogP contribution is -2.58. The molecule has 0 aliphatic carbocycles. The summed E-state index contributed by atoms with van der Waals surface area (Å²) >= 11 is 1.69. The Bertz CT molecular complexity index is 2220. The van der Waals surface area contributed by atoms with Crippen molar-refractivity contribution in [3.63, 3.8) is 0 Å². The Labute approximate surface area is 332 Å². The van der Waals surface area contributed by atoms with Crippen molar-refractivity contribution in [1.82, 2.24) is 0 Å². The molecule has 7 aromatic rings. The maximum atomic E-state index is 15.7. The molecule has 1 unspecified atom stereocenters. The first-order valence-electron chi connectivity index (χ1n) is 19.2. The van der Waals surface area contributed by atoms with Gasteiger partial charge in [0.15, 0.2) is 0 Å². The third kappa shape index (κ3) is 9.68. The molecule has 5 nitrogen and oxygen atoms in total. The molecular weight excluding hydrogens is 720 g/mol. The standard InChI is InChI=1S/C49H45FO5S/c50-43-26-25-40(27-41(43)29-42-28-39-23-13-14-24-45(39)56-42)46-48(53-32-37-19-9-3-10-20-37)49(54-33-38-21-11-4-12-22-38)47(52-31-36-17-7-2-8-18-36)44(55-46)34-51-30-35-15-5-1-6-16-35/h1-28,44,46-49H,29-34H2/t44-,46?,47-,48+,49+/m1/s1. The molecule has 6 aromatic carbocycles. The van der Waals surface area contributed by atoms with Crippen molar-refractivity contribution >= 4 is 21.4 Å². The van der Waals surface area contributed by atoms with Crippen LogP contribution in [0.1, 0.15) is 44.4 Å². The summed E-state index contributed by atoms with van der Waals surface area (Å²) in [5.74, 6) is -0.257. The smallest absolute Gasteiger partial charge is 0.126 e. The second-order valence-electron chi connectivity index (χ2n) is 14.2. The topological polar surface area (TPSA) is 46.2 Å². The van der Waals surface area contributed by atoms with Gasteiger partial charge in [-0.05, 0) is 63.0 Å². The molecule has 0 N–H and O–H groups in total. The number of fused-ring (bicyclic) bond motifs is 1. The number of thiophene rings is 1. The minimum absolute atomic E-state index is 0.247. The summed E-state index contributed by atoms with van der Waals surface area (Å²) in [4.78, 5) is 1.09. The average Bonchev–Trinajstić information content (AvgIpc) is 3.66. The third-order valence-electron chi connectivity index (χ3n) is 10.1. The fourth-order valence-corrected chi connectivity index (χ4v) is 8.36. The van der Waals surface area contributed by atoms with Crippen molar-refractivity contribution in [3.05, 3.63) is 214 Å². The Morgan fingerprint density at radius 1 is 0.518 bits per heavy atom. The van der Waals surface area contributed by atoms with Gasteiger partial charge in [0.2, 0.25) is 0 Å².